The summed E-state index contributed by atoms with van der Waals surface area (Å²) in [5.41, 5.74) is 1.02. The molecule has 0 bridgehead atoms. The predicted molar refractivity (Wildman–Crippen MR) is 56.8 cm³/mol. The minimum atomic E-state index is -0.691. The summed E-state index contributed by atoms with van der Waals surface area (Å²) >= 11 is 0. The molecule has 0 amide bonds. The molecule has 1 atom stereocenters. The average Bonchev–Trinajstić information content (AvgIpc) is 2.30. The number of rotatable bonds is 2. The Morgan fingerprint density at radius 3 is 3.13 bits per heavy atom. The van der Waals surface area contributed by atoms with Crippen molar-refractivity contribution < 1.29 is 9.90 Å². The number of carbonyl (C=O) groups is 1. The summed E-state index contributed by atoms with van der Waals surface area (Å²) in [4.78, 5) is 17.0. The van der Waals surface area contributed by atoms with Crippen LogP contribution in [0.2, 0.25) is 0 Å². The van der Waals surface area contributed by atoms with Crippen LogP contribution in [-0.2, 0) is 4.79 Å². The van der Waals surface area contributed by atoms with Crippen molar-refractivity contribution in [2.24, 2.45) is 5.92 Å². The van der Waals surface area contributed by atoms with Crippen molar-refractivity contribution in [3.63, 3.8) is 0 Å². The van der Waals surface area contributed by atoms with Crippen LogP contribution in [0.15, 0.2) is 24.5 Å². The highest BCUT2D eigenvalue weighted by Gasteiger charge is 2.25. The van der Waals surface area contributed by atoms with E-state index in [1.807, 2.05) is 12.1 Å². The van der Waals surface area contributed by atoms with Gasteiger partial charge in [0.15, 0.2) is 0 Å². The standard InChI is InChI=1S/C11H14N2O2/c14-11(15)9-3-2-6-13(8-9)10-4-1-5-12-7-10/h1,4-5,7,9H,2-3,6,8H2,(H,14,15)/t9-/m0/s1. The van der Waals surface area contributed by atoms with Gasteiger partial charge in [-0.3, -0.25) is 9.78 Å². The highest BCUT2D eigenvalue weighted by molar-refractivity contribution is 5.71. The topological polar surface area (TPSA) is 53.4 Å². The van der Waals surface area contributed by atoms with Gasteiger partial charge >= 0.3 is 5.97 Å². The van der Waals surface area contributed by atoms with E-state index in [2.05, 4.69) is 9.88 Å². The number of hydrogen-bond donors (Lipinski definition) is 1. The summed E-state index contributed by atoms with van der Waals surface area (Å²) in [6.07, 6.45) is 5.23. The molecular formula is C11H14N2O2. The SMILES string of the molecule is O=C(O)[C@H]1CCCN(c2cccnc2)C1. The van der Waals surface area contributed by atoms with Crippen LogP contribution < -0.4 is 4.90 Å². The summed E-state index contributed by atoms with van der Waals surface area (Å²) in [6, 6.07) is 3.84. The minimum absolute atomic E-state index is 0.237. The van der Waals surface area contributed by atoms with E-state index < -0.39 is 5.97 Å². The van der Waals surface area contributed by atoms with Crippen LogP contribution in [0.5, 0.6) is 0 Å². The molecule has 0 saturated carbocycles. The summed E-state index contributed by atoms with van der Waals surface area (Å²) in [5, 5.41) is 8.96. The van der Waals surface area contributed by atoms with E-state index in [1.165, 1.54) is 0 Å². The summed E-state index contributed by atoms with van der Waals surface area (Å²) < 4.78 is 0. The zero-order valence-corrected chi connectivity index (χ0v) is 8.47. The average molecular weight is 206 g/mol. The van der Waals surface area contributed by atoms with Crippen molar-refractivity contribution in [2.45, 2.75) is 12.8 Å². The van der Waals surface area contributed by atoms with Gasteiger partial charge in [0, 0.05) is 19.3 Å². The van der Waals surface area contributed by atoms with Crippen LogP contribution in [0.1, 0.15) is 12.8 Å². The maximum atomic E-state index is 10.9. The third kappa shape index (κ3) is 2.26. The molecule has 4 heteroatoms. The lowest BCUT2D eigenvalue weighted by Crippen LogP contribution is -2.38. The molecule has 2 heterocycles. The number of hydrogen-bond acceptors (Lipinski definition) is 3. The van der Waals surface area contributed by atoms with Crippen LogP contribution in [0.25, 0.3) is 0 Å². The molecule has 1 aromatic heterocycles. The van der Waals surface area contributed by atoms with Gasteiger partial charge in [-0.2, -0.15) is 0 Å². The zero-order chi connectivity index (χ0) is 10.7. The van der Waals surface area contributed by atoms with Gasteiger partial charge < -0.3 is 10.0 Å². The molecule has 0 aliphatic carbocycles. The number of piperidine rings is 1. The van der Waals surface area contributed by atoms with Crippen LogP contribution in [0.4, 0.5) is 5.69 Å². The molecule has 1 fully saturated rings. The lowest BCUT2D eigenvalue weighted by molar-refractivity contribution is -0.141. The van der Waals surface area contributed by atoms with Crippen LogP contribution in [-0.4, -0.2) is 29.1 Å². The number of nitrogens with zero attached hydrogens (tertiary/aromatic N) is 2. The first-order valence-electron chi connectivity index (χ1n) is 5.15. The monoisotopic (exact) mass is 206 g/mol. The Kier molecular flexibility index (Phi) is 2.85. The molecule has 1 aliphatic heterocycles. The van der Waals surface area contributed by atoms with Gasteiger partial charge in [0.1, 0.15) is 0 Å². The van der Waals surface area contributed by atoms with Gasteiger partial charge in [-0.1, -0.05) is 0 Å². The number of pyridine rings is 1. The highest BCUT2D eigenvalue weighted by atomic mass is 16.4. The van der Waals surface area contributed by atoms with Crippen molar-refractivity contribution >= 4 is 11.7 Å². The van der Waals surface area contributed by atoms with E-state index in [0.29, 0.717) is 6.54 Å². The second kappa shape index (κ2) is 4.29. The van der Waals surface area contributed by atoms with Gasteiger partial charge in [-0.05, 0) is 25.0 Å². The molecular weight excluding hydrogens is 192 g/mol. The van der Waals surface area contributed by atoms with Crippen molar-refractivity contribution in [1.82, 2.24) is 4.98 Å². The summed E-state index contributed by atoms with van der Waals surface area (Å²) in [6.45, 7) is 1.52. The first kappa shape index (κ1) is 9.96. The van der Waals surface area contributed by atoms with E-state index in [4.69, 9.17) is 5.11 Å². The molecule has 1 aliphatic rings. The Hall–Kier alpha value is -1.58. The third-order valence-corrected chi connectivity index (χ3v) is 2.78. The fraction of sp³-hybridized carbons (Fsp3) is 0.455. The number of carboxylic acid groups (broad SMARTS) is 1. The molecule has 0 unspecified atom stereocenters. The zero-order valence-electron chi connectivity index (χ0n) is 8.47. The van der Waals surface area contributed by atoms with Crippen molar-refractivity contribution in [1.29, 1.82) is 0 Å². The normalized spacial score (nSPS) is 21.3. The van der Waals surface area contributed by atoms with E-state index in [1.54, 1.807) is 12.4 Å². The molecule has 0 spiro atoms. The minimum Gasteiger partial charge on any atom is -0.481 e. The van der Waals surface area contributed by atoms with E-state index in [0.717, 1.165) is 25.1 Å². The molecule has 1 N–H and O–H groups in total. The number of aromatic nitrogens is 1. The number of aliphatic carboxylic acids is 1. The van der Waals surface area contributed by atoms with Crippen molar-refractivity contribution in [3.05, 3.63) is 24.5 Å². The predicted octanol–water partition coefficient (Wildman–Crippen LogP) is 1.38. The first-order chi connectivity index (χ1) is 7.27. The Balaban J connectivity index is 2.08. The van der Waals surface area contributed by atoms with E-state index >= 15 is 0 Å². The van der Waals surface area contributed by atoms with Gasteiger partial charge in [-0.15, -0.1) is 0 Å². The van der Waals surface area contributed by atoms with Gasteiger partial charge in [-0.25, -0.2) is 0 Å². The summed E-state index contributed by atoms with van der Waals surface area (Å²) in [7, 11) is 0. The van der Waals surface area contributed by atoms with E-state index in [9.17, 15) is 4.79 Å². The second-order valence-electron chi connectivity index (χ2n) is 3.83. The smallest absolute Gasteiger partial charge is 0.308 e. The number of carboxylic acids is 1. The Bertz CT molecular complexity index is 340. The molecule has 80 valence electrons. The maximum Gasteiger partial charge on any atom is 0.308 e. The largest absolute Gasteiger partial charge is 0.481 e. The molecule has 15 heavy (non-hydrogen) atoms. The fourth-order valence-electron chi connectivity index (χ4n) is 1.95. The summed E-state index contributed by atoms with van der Waals surface area (Å²) in [5.74, 6) is -0.928. The van der Waals surface area contributed by atoms with Crippen molar-refractivity contribution in [3.8, 4) is 0 Å². The molecule has 0 radical (unpaired) electrons. The highest BCUT2D eigenvalue weighted by Crippen LogP contribution is 2.22. The fourth-order valence-corrected chi connectivity index (χ4v) is 1.95. The quantitative estimate of drug-likeness (QED) is 0.794. The number of anilines is 1. The molecule has 4 nitrogen and oxygen atoms in total. The van der Waals surface area contributed by atoms with Crippen LogP contribution in [0.3, 0.4) is 0 Å². The Labute approximate surface area is 88.6 Å². The van der Waals surface area contributed by atoms with Crippen molar-refractivity contribution in [2.75, 3.05) is 18.0 Å². The first-order valence-corrected chi connectivity index (χ1v) is 5.15. The lowest BCUT2D eigenvalue weighted by Gasteiger charge is -2.32. The molecule has 1 saturated heterocycles. The van der Waals surface area contributed by atoms with Gasteiger partial charge in [0.2, 0.25) is 0 Å². The van der Waals surface area contributed by atoms with Gasteiger partial charge in [0.05, 0.1) is 17.8 Å². The van der Waals surface area contributed by atoms with E-state index in [-0.39, 0.29) is 5.92 Å². The molecule has 1 aromatic rings. The molecule has 2 rings (SSSR count). The Morgan fingerprint density at radius 1 is 1.60 bits per heavy atom. The molecule has 0 aromatic carbocycles. The Morgan fingerprint density at radius 2 is 2.47 bits per heavy atom. The third-order valence-electron chi connectivity index (χ3n) is 2.78. The second-order valence-corrected chi connectivity index (χ2v) is 3.83. The maximum absolute atomic E-state index is 10.9. The lowest BCUT2D eigenvalue weighted by atomic mass is 9.98. The van der Waals surface area contributed by atoms with Crippen LogP contribution >= 0.6 is 0 Å². The van der Waals surface area contributed by atoms with Gasteiger partial charge in [0.25, 0.3) is 0 Å². The van der Waals surface area contributed by atoms with Crippen LogP contribution in [0, 0.1) is 5.92 Å².